The van der Waals surface area contributed by atoms with Gasteiger partial charge in [0.05, 0.1) is 0 Å². The Hall–Kier alpha value is 0.0700. The van der Waals surface area contributed by atoms with Gasteiger partial charge < -0.3 is 5.32 Å². The Bertz CT molecular complexity index is 319. The van der Waals surface area contributed by atoms with Gasteiger partial charge in [-0.25, -0.2) is 0 Å². The zero-order valence-electron chi connectivity index (χ0n) is 12.2. The fourth-order valence-electron chi connectivity index (χ4n) is 2.95. The van der Waals surface area contributed by atoms with Crippen molar-refractivity contribution in [2.45, 2.75) is 56.9 Å². The third kappa shape index (κ3) is 3.34. The van der Waals surface area contributed by atoms with Crippen molar-refractivity contribution < 1.29 is 4.21 Å². The molecular formula is C14H28N2OS. The van der Waals surface area contributed by atoms with Gasteiger partial charge in [-0.3, -0.25) is 9.11 Å². The first kappa shape index (κ1) is 14.5. The monoisotopic (exact) mass is 272 g/mol. The van der Waals surface area contributed by atoms with Gasteiger partial charge in [0.15, 0.2) is 0 Å². The van der Waals surface area contributed by atoms with Gasteiger partial charge >= 0.3 is 0 Å². The van der Waals surface area contributed by atoms with Gasteiger partial charge in [-0.2, -0.15) is 0 Å². The second-order valence-electron chi connectivity index (χ2n) is 6.49. The molecule has 4 unspecified atom stereocenters. The van der Waals surface area contributed by atoms with E-state index in [1.54, 1.807) is 0 Å². The molecule has 0 bridgehead atoms. The maximum Gasteiger partial charge on any atom is 0.0329 e. The van der Waals surface area contributed by atoms with Crippen LogP contribution in [0.3, 0.4) is 0 Å². The standard InChI is InChI=1S/C14H28N2OS/c1-11-9-15-14(3,13-5-6-13)10-16(11)8-7-12(2)18(4)17/h11-13,15H,5-10H2,1-4H3. The van der Waals surface area contributed by atoms with E-state index in [0.29, 0.717) is 16.8 Å². The molecule has 1 aliphatic carbocycles. The Kier molecular flexibility index (Phi) is 4.50. The molecule has 4 heteroatoms. The van der Waals surface area contributed by atoms with Crippen LogP contribution in [0.1, 0.15) is 40.0 Å². The number of rotatable bonds is 5. The van der Waals surface area contributed by atoms with Crippen LogP contribution in [0.15, 0.2) is 0 Å². The molecule has 1 N–H and O–H groups in total. The van der Waals surface area contributed by atoms with E-state index in [-0.39, 0.29) is 0 Å². The molecule has 0 aromatic carbocycles. The Morgan fingerprint density at radius 3 is 2.72 bits per heavy atom. The summed E-state index contributed by atoms with van der Waals surface area (Å²) < 4.78 is 11.4. The highest BCUT2D eigenvalue weighted by Gasteiger charge is 2.45. The van der Waals surface area contributed by atoms with E-state index in [2.05, 4.69) is 31.0 Å². The Morgan fingerprint density at radius 2 is 2.17 bits per heavy atom. The second-order valence-corrected chi connectivity index (χ2v) is 8.29. The first-order chi connectivity index (χ1) is 8.42. The highest BCUT2D eigenvalue weighted by molar-refractivity contribution is 7.84. The minimum absolute atomic E-state index is 0.319. The van der Waals surface area contributed by atoms with Crippen LogP contribution in [0.2, 0.25) is 0 Å². The first-order valence-corrected chi connectivity index (χ1v) is 8.86. The fourth-order valence-corrected chi connectivity index (χ4v) is 3.39. The van der Waals surface area contributed by atoms with E-state index in [1.165, 1.54) is 12.8 Å². The van der Waals surface area contributed by atoms with Gasteiger partial charge in [-0.05, 0) is 45.6 Å². The Morgan fingerprint density at radius 1 is 1.50 bits per heavy atom. The molecule has 1 saturated carbocycles. The van der Waals surface area contributed by atoms with Crippen LogP contribution in [0.5, 0.6) is 0 Å². The molecule has 0 spiro atoms. The van der Waals surface area contributed by atoms with Crippen LogP contribution in [0, 0.1) is 5.92 Å². The molecule has 4 atom stereocenters. The predicted molar refractivity (Wildman–Crippen MR) is 78.3 cm³/mol. The zero-order valence-corrected chi connectivity index (χ0v) is 13.1. The summed E-state index contributed by atoms with van der Waals surface area (Å²) in [6.07, 6.45) is 5.65. The molecule has 0 radical (unpaired) electrons. The van der Waals surface area contributed by atoms with Crippen molar-refractivity contribution in [3.63, 3.8) is 0 Å². The molecular weight excluding hydrogens is 244 g/mol. The molecule has 0 aromatic rings. The van der Waals surface area contributed by atoms with E-state index >= 15 is 0 Å². The van der Waals surface area contributed by atoms with Gasteiger partial charge in [0.2, 0.25) is 0 Å². The number of hydrogen-bond acceptors (Lipinski definition) is 3. The van der Waals surface area contributed by atoms with Gasteiger partial charge in [0.25, 0.3) is 0 Å². The summed E-state index contributed by atoms with van der Waals surface area (Å²) in [6.45, 7) is 10.1. The van der Waals surface area contributed by atoms with Gasteiger partial charge in [0.1, 0.15) is 0 Å². The highest BCUT2D eigenvalue weighted by Crippen LogP contribution is 2.41. The number of piperazine rings is 1. The van der Waals surface area contributed by atoms with E-state index in [1.807, 2.05) is 6.26 Å². The van der Waals surface area contributed by atoms with E-state index < -0.39 is 10.8 Å². The van der Waals surface area contributed by atoms with Crippen molar-refractivity contribution in [3.05, 3.63) is 0 Å². The van der Waals surface area contributed by atoms with Crippen LogP contribution < -0.4 is 5.32 Å². The van der Waals surface area contributed by atoms with Crippen LogP contribution in [0.25, 0.3) is 0 Å². The highest BCUT2D eigenvalue weighted by atomic mass is 32.2. The average Bonchev–Trinajstić information content (AvgIpc) is 3.14. The first-order valence-electron chi connectivity index (χ1n) is 7.23. The topological polar surface area (TPSA) is 32.3 Å². The maximum absolute atomic E-state index is 11.4. The SMILES string of the molecule is CC1CNC(C)(C2CC2)CN1CCC(C)S(C)=O. The van der Waals surface area contributed by atoms with E-state index in [9.17, 15) is 4.21 Å². The summed E-state index contributed by atoms with van der Waals surface area (Å²) in [6, 6.07) is 0.606. The molecule has 0 amide bonds. The third-order valence-electron chi connectivity index (χ3n) is 4.82. The molecule has 0 aromatic heterocycles. The smallest absolute Gasteiger partial charge is 0.0329 e. The summed E-state index contributed by atoms with van der Waals surface area (Å²) >= 11 is 0. The lowest BCUT2D eigenvalue weighted by Gasteiger charge is -2.46. The summed E-state index contributed by atoms with van der Waals surface area (Å²) in [5.74, 6) is 0.880. The second kappa shape index (κ2) is 5.59. The quantitative estimate of drug-likeness (QED) is 0.825. The maximum atomic E-state index is 11.4. The average molecular weight is 272 g/mol. The Labute approximate surface area is 114 Å². The lowest BCUT2D eigenvalue weighted by Crippen LogP contribution is -2.63. The van der Waals surface area contributed by atoms with Gasteiger partial charge in [-0.1, -0.05) is 6.92 Å². The van der Waals surface area contributed by atoms with Crippen molar-refractivity contribution in [1.82, 2.24) is 10.2 Å². The van der Waals surface area contributed by atoms with Crippen LogP contribution >= 0.6 is 0 Å². The van der Waals surface area contributed by atoms with E-state index in [0.717, 1.165) is 32.0 Å². The fraction of sp³-hybridized carbons (Fsp3) is 1.00. The minimum atomic E-state index is -0.684. The predicted octanol–water partition coefficient (Wildman–Crippen LogP) is 1.61. The summed E-state index contributed by atoms with van der Waals surface area (Å²) in [4.78, 5) is 2.60. The number of nitrogens with one attached hydrogen (secondary N) is 1. The number of nitrogens with zero attached hydrogens (tertiary/aromatic N) is 1. The van der Waals surface area contributed by atoms with Crippen LogP contribution in [0.4, 0.5) is 0 Å². The zero-order chi connectivity index (χ0) is 13.3. The molecule has 2 aliphatic rings. The van der Waals surface area contributed by atoms with Crippen LogP contribution in [-0.2, 0) is 10.8 Å². The molecule has 1 saturated heterocycles. The molecule has 1 heterocycles. The minimum Gasteiger partial charge on any atom is -0.308 e. The third-order valence-corrected chi connectivity index (χ3v) is 6.19. The molecule has 106 valence electrons. The largest absolute Gasteiger partial charge is 0.308 e. The summed E-state index contributed by atoms with van der Waals surface area (Å²) in [7, 11) is -0.684. The van der Waals surface area contributed by atoms with Crippen molar-refractivity contribution in [2.24, 2.45) is 5.92 Å². The van der Waals surface area contributed by atoms with Crippen molar-refractivity contribution in [1.29, 1.82) is 0 Å². The van der Waals surface area contributed by atoms with Gasteiger partial charge in [-0.15, -0.1) is 0 Å². The molecule has 3 nitrogen and oxygen atoms in total. The van der Waals surface area contributed by atoms with Crippen LogP contribution in [-0.4, -0.2) is 51.8 Å². The molecule has 2 rings (SSSR count). The molecule has 1 aliphatic heterocycles. The molecule has 2 fully saturated rings. The summed E-state index contributed by atoms with van der Waals surface area (Å²) in [5, 5.41) is 4.06. The molecule has 18 heavy (non-hydrogen) atoms. The lowest BCUT2D eigenvalue weighted by molar-refractivity contribution is 0.0825. The van der Waals surface area contributed by atoms with Gasteiger partial charge in [0, 0.05) is 47.0 Å². The van der Waals surface area contributed by atoms with E-state index in [4.69, 9.17) is 0 Å². The summed E-state index contributed by atoms with van der Waals surface area (Å²) in [5.41, 5.74) is 0.321. The van der Waals surface area contributed by atoms with Crippen molar-refractivity contribution >= 4 is 10.8 Å². The lowest BCUT2D eigenvalue weighted by atomic mass is 9.91. The van der Waals surface area contributed by atoms with Crippen molar-refractivity contribution in [2.75, 3.05) is 25.9 Å². The number of hydrogen-bond donors (Lipinski definition) is 1. The van der Waals surface area contributed by atoms with Crippen molar-refractivity contribution in [3.8, 4) is 0 Å². The normalized spacial score (nSPS) is 37.4. The Balaban J connectivity index is 1.87.